The van der Waals surface area contributed by atoms with E-state index in [0.717, 1.165) is 36.7 Å². The van der Waals surface area contributed by atoms with Gasteiger partial charge in [-0.1, -0.05) is 77.7 Å². The Bertz CT molecular complexity index is 1510. The highest BCUT2D eigenvalue weighted by atomic mass is 32.2. The maximum Gasteiger partial charge on any atom is 0.265 e. The monoisotopic (exact) mass is 495 g/mol. The smallest absolute Gasteiger partial charge is 0.265 e. The lowest BCUT2D eigenvalue weighted by atomic mass is 10.1. The first kappa shape index (κ1) is 22.2. The number of nitrogens with zero attached hydrogens (tertiary/aromatic N) is 2. The van der Waals surface area contributed by atoms with Crippen LogP contribution in [0.2, 0.25) is 0 Å². The predicted octanol–water partition coefficient (Wildman–Crippen LogP) is 5.60. The fraction of sp³-hybridized carbons (Fsp3) is 0.160. The molecule has 2 heterocycles. The highest BCUT2D eigenvalue weighted by molar-refractivity contribution is 8.06. The van der Waals surface area contributed by atoms with Gasteiger partial charge in [-0.25, -0.2) is 0 Å². The van der Waals surface area contributed by atoms with Gasteiger partial charge in [-0.15, -0.1) is 0 Å². The van der Waals surface area contributed by atoms with E-state index in [2.05, 4.69) is 64.4 Å². The number of rotatable bonds is 6. The number of hydrogen-bond donors (Lipinski definition) is 1. The molecule has 5 rings (SSSR count). The summed E-state index contributed by atoms with van der Waals surface area (Å²) in [4.78, 5) is 2.19. The van der Waals surface area contributed by atoms with Crippen LogP contribution >= 0.6 is 23.1 Å². The molecule has 0 saturated heterocycles. The van der Waals surface area contributed by atoms with Gasteiger partial charge in [-0.2, -0.15) is 13.0 Å². The second-order valence-electron chi connectivity index (χ2n) is 7.89. The van der Waals surface area contributed by atoms with Crippen LogP contribution in [0.25, 0.3) is 32.8 Å². The van der Waals surface area contributed by atoms with Crippen molar-refractivity contribution in [1.29, 1.82) is 0 Å². The normalized spacial score (nSPS) is 15.6. The van der Waals surface area contributed by atoms with Crippen LogP contribution in [0.4, 0.5) is 0 Å². The van der Waals surface area contributed by atoms with Gasteiger partial charge in [0.1, 0.15) is 4.70 Å². The molecule has 1 N–H and O–H groups in total. The molecular weight excluding hydrogens is 472 g/mol. The van der Waals surface area contributed by atoms with E-state index in [0.29, 0.717) is 13.0 Å². The molecule has 8 heteroatoms. The Labute approximate surface area is 201 Å². The molecule has 0 spiro atoms. The second-order valence-corrected chi connectivity index (χ2v) is 11.4. The molecule has 33 heavy (non-hydrogen) atoms. The lowest BCUT2D eigenvalue weighted by Gasteiger charge is -2.17. The van der Waals surface area contributed by atoms with Crippen LogP contribution in [0, 0.1) is 0 Å². The van der Waals surface area contributed by atoms with E-state index in [4.69, 9.17) is 0 Å². The highest BCUT2D eigenvalue weighted by Crippen LogP contribution is 2.40. The van der Waals surface area contributed by atoms with Gasteiger partial charge in [0.15, 0.2) is 6.54 Å². The maximum atomic E-state index is 11.3. The summed E-state index contributed by atoms with van der Waals surface area (Å²) in [7, 11) is -1.94. The summed E-state index contributed by atoms with van der Waals surface area (Å²) in [5.74, 6) is -0.257. The lowest BCUT2D eigenvalue weighted by molar-refractivity contribution is -0.667. The predicted molar refractivity (Wildman–Crippen MR) is 138 cm³/mol. The molecule has 0 fully saturated rings. The van der Waals surface area contributed by atoms with E-state index in [1.165, 1.54) is 5.56 Å². The Hall–Kier alpha value is -2.65. The van der Waals surface area contributed by atoms with Gasteiger partial charge in [0, 0.05) is 18.9 Å². The largest absolute Gasteiger partial charge is 0.338 e. The van der Waals surface area contributed by atoms with Gasteiger partial charge in [-0.05, 0) is 23.1 Å². The average molecular weight is 496 g/mol. The zero-order chi connectivity index (χ0) is 23.0. The number of aryl methyl sites for hydroxylation is 1. The molecule has 168 valence electrons. The van der Waals surface area contributed by atoms with Crippen molar-refractivity contribution in [2.45, 2.75) is 13.0 Å². The second kappa shape index (κ2) is 8.95. The number of thiazole rings is 1. The van der Waals surface area contributed by atoms with E-state index < -0.39 is 10.1 Å². The maximum absolute atomic E-state index is 11.3. The first-order chi connectivity index (χ1) is 15.9. The van der Waals surface area contributed by atoms with Crippen molar-refractivity contribution in [3.8, 4) is 0 Å². The Kier molecular flexibility index (Phi) is 6.01. The van der Waals surface area contributed by atoms with Crippen LogP contribution in [0.3, 0.4) is 0 Å². The topological polar surface area (TPSA) is 61.5 Å². The lowest BCUT2D eigenvalue weighted by Crippen LogP contribution is -2.36. The molecule has 4 aromatic rings. The van der Waals surface area contributed by atoms with Crippen molar-refractivity contribution in [2.75, 3.05) is 12.8 Å². The Morgan fingerprint density at radius 2 is 1.79 bits per heavy atom. The van der Waals surface area contributed by atoms with Crippen LogP contribution < -0.4 is 4.57 Å². The summed E-state index contributed by atoms with van der Waals surface area (Å²) < 4.78 is 35.2. The molecule has 0 atom stereocenters. The molecule has 0 saturated carbocycles. The number of fused-ring (bicyclic) bond motifs is 3. The fourth-order valence-electron chi connectivity index (χ4n) is 4.11. The minimum absolute atomic E-state index is 0.257. The third-order valence-electron chi connectivity index (χ3n) is 5.70. The summed E-state index contributed by atoms with van der Waals surface area (Å²) in [5, 5.41) is 6.60. The summed E-state index contributed by atoms with van der Waals surface area (Å²) in [5.41, 5.74) is 3.41. The van der Waals surface area contributed by atoms with E-state index in [1.54, 1.807) is 23.1 Å². The van der Waals surface area contributed by atoms with Crippen molar-refractivity contribution in [1.82, 2.24) is 4.90 Å². The van der Waals surface area contributed by atoms with Crippen LogP contribution in [-0.4, -0.2) is 30.7 Å². The Morgan fingerprint density at radius 3 is 2.58 bits per heavy atom. The SMILES string of the molecule is CN1C(c2ccccc2)=CS/C1=C\c1sc2ccc3ccccc3c2[n+]1CCCS(=O)(=O)O. The van der Waals surface area contributed by atoms with Crippen LogP contribution in [0.15, 0.2) is 77.2 Å². The van der Waals surface area contributed by atoms with Crippen molar-refractivity contribution in [3.63, 3.8) is 0 Å². The molecule has 1 aromatic heterocycles. The highest BCUT2D eigenvalue weighted by Gasteiger charge is 2.25. The number of thioether (sulfide) groups is 1. The third kappa shape index (κ3) is 4.56. The molecule has 1 aliphatic rings. The van der Waals surface area contributed by atoms with E-state index in [1.807, 2.05) is 30.3 Å². The van der Waals surface area contributed by atoms with E-state index in [9.17, 15) is 13.0 Å². The van der Waals surface area contributed by atoms with Gasteiger partial charge in [-0.3, -0.25) is 4.55 Å². The zero-order valence-corrected chi connectivity index (χ0v) is 20.5. The molecule has 0 unspecified atom stereocenters. The molecule has 5 nitrogen and oxygen atoms in total. The Morgan fingerprint density at radius 1 is 1.03 bits per heavy atom. The van der Waals surface area contributed by atoms with Gasteiger partial charge in [0.2, 0.25) is 5.52 Å². The summed E-state index contributed by atoms with van der Waals surface area (Å²) >= 11 is 3.38. The van der Waals surface area contributed by atoms with Crippen LogP contribution in [-0.2, 0) is 16.7 Å². The van der Waals surface area contributed by atoms with Gasteiger partial charge >= 0.3 is 0 Å². The van der Waals surface area contributed by atoms with Gasteiger partial charge in [0.05, 0.1) is 27.9 Å². The van der Waals surface area contributed by atoms with Gasteiger partial charge in [0.25, 0.3) is 15.1 Å². The molecule has 0 aliphatic carbocycles. The minimum Gasteiger partial charge on any atom is -0.338 e. The average Bonchev–Trinajstić information content (AvgIpc) is 3.34. The fourth-order valence-corrected chi connectivity index (χ4v) is 6.78. The number of aromatic nitrogens is 1. The first-order valence-electron chi connectivity index (χ1n) is 10.6. The van der Waals surface area contributed by atoms with Crippen molar-refractivity contribution in [2.24, 2.45) is 0 Å². The molecular formula is C25H23N2O3S3+. The molecule has 0 bridgehead atoms. The quantitative estimate of drug-likeness (QED) is 0.279. The van der Waals surface area contributed by atoms with E-state index >= 15 is 0 Å². The van der Waals surface area contributed by atoms with Gasteiger partial charge < -0.3 is 4.90 Å². The standard InChI is InChI=1S/C25H22N2O3S3/c1-26-21(19-9-3-2-4-10-19)17-31-23(26)16-24-27(14-7-15-33(28,29)30)25-20-11-6-5-8-18(20)12-13-22(25)32-24/h2-6,8-13,16-17H,7,14-15H2,1H3/p+1. The van der Waals surface area contributed by atoms with Crippen molar-refractivity contribution >= 4 is 66.0 Å². The molecule has 0 amide bonds. The zero-order valence-electron chi connectivity index (χ0n) is 18.0. The van der Waals surface area contributed by atoms with E-state index in [-0.39, 0.29) is 5.75 Å². The number of hydrogen-bond acceptors (Lipinski definition) is 5. The molecule has 1 aliphatic heterocycles. The molecule has 3 aromatic carbocycles. The first-order valence-corrected chi connectivity index (χ1v) is 13.9. The molecule has 0 radical (unpaired) electrons. The summed E-state index contributed by atoms with van der Waals surface area (Å²) in [6.45, 7) is 0.500. The van der Waals surface area contributed by atoms with Crippen molar-refractivity contribution < 1.29 is 17.5 Å². The van der Waals surface area contributed by atoms with Crippen LogP contribution in [0.1, 0.15) is 17.0 Å². The minimum atomic E-state index is -4.00. The summed E-state index contributed by atoms with van der Waals surface area (Å²) in [6.07, 6.45) is 2.51. The van der Waals surface area contributed by atoms with Crippen LogP contribution in [0.5, 0.6) is 0 Å². The number of benzene rings is 3. The third-order valence-corrected chi connectivity index (χ3v) is 8.57. The Balaban J connectivity index is 1.57. The van der Waals surface area contributed by atoms with Crippen molar-refractivity contribution in [3.05, 3.63) is 87.7 Å². The summed E-state index contributed by atoms with van der Waals surface area (Å²) in [6, 6.07) is 22.8.